The molecule has 22 heavy (non-hydrogen) atoms. The second-order valence-electron chi connectivity index (χ2n) is 4.49. The van der Waals surface area contributed by atoms with Crippen molar-refractivity contribution in [3.05, 3.63) is 70.4 Å². The van der Waals surface area contributed by atoms with E-state index in [-0.39, 0.29) is 11.9 Å². The topological polar surface area (TPSA) is 55.1 Å². The van der Waals surface area contributed by atoms with Gasteiger partial charge in [-0.3, -0.25) is 10.1 Å². The van der Waals surface area contributed by atoms with Gasteiger partial charge in [0, 0.05) is 11.1 Å². The van der Waals surface area contributed by atoms with Crippen molar-refractivity contribution in [1.82, 2.24) is 4.98 Å². The van der Waals surface area contributed by atoms with E-state index < -0.39 is 0 Å². The summed E-state index contributed by atoms with van der Waals surface area (Å²) in [6.45, 7) is 0. The molecule has 0 radical (unpaired) electrons. The van der Waals surface area contributed by atoms with Gasteiger partial charge in [-0.05, 0) is 18.2 Å². The van der Waals surface area contributed by atoms with Gasteiger partial charge in [0.05, 0.1) is 10.0 Å². The lowest BCUT2D eigenvalue weighted by Crippen LogP contribution is -2.12. The first-order valence-corrected chi connectivity index (χ1v) is 7.16. The maximum atomic E-state index is 12.1. The van der Waals surface area contributed by atoms with Crippen molar-refractivity contribution >= 4 is 35.1 Å². The van der Waals surface area contributed by atoms with Gasteiger partial charge < -0.3 is 4.42 Å². The molecule has 1 aromatic heterocycles. The van der Waals surface area contributed by atoms with E-state index in [9.17, 15) is 4.79 Å². The van der Waals surface area contributed by atoms with Gasteiger partial charge in [0.1, 0.15) is 12.0 Å². The van der Waals surface area contributed by atoms with E-state index in [4.69, 9.17) is 27.6 Å². The van der Waals surface area contributed by atoms with Crippen LogP contribution in [0.5, 0.6) is 0 Å². The molecule has 0 aliphatic rings. The predicted octanol–water partition coefficient (Wildman–Crippen LogP) is 4.90. The zero-order valence-electron chi connectivity index (χ0n) is 11.2. The fourth-order valence-electron chi connectivity index (χ4n) is 1.88. The van der Waals surface area contributed by atoms with Crippen molar-refractivity contribution in [2.75, 3.05) is 5.32 Å². The van der Waals surface area contributed by atoms with Crippen LogP contribution in [-0.2, 0) is 0 Å². The molecule has 0 saturated carbocycles. The fourth-order valence-corrected chi connectivity index (χ4v) is 2.18. The minimum Gasteiger partial charge on any atom is -0.431 e. The Bertz CT molecular complexity index is 816. The van der Waals surface area contributed by atoms with Crippen molar-refractivity contribution in [2.24, 2.45) is 0 Å². The van der Waals surface area contributed by atoms with E-state index in [0.29, 0.717) is 21.3 Å². The van der Waals surface area contributed by atoms with Crippen molar-refractivity contribution in [3.8, 4) is 11.3 Å². The summed E-state index contributed by atoms with van der Waals surface area (Å²) in [6.07, 6.45) is 1.49. The van der Waals surface area contributed by atoms with Crippen LogP contribution in [0.3, 0.4) is 0 Å². The molecule has 0 spiro atoms. The van der Waals surface area contributed by atoms with Gasteiger partial charge in [-0.2, -0.15) is 4.98 Å². The van der Waals surface area contributed by atoms with Crippen LogP contribution < -0.4 is 5.32 Å². The molecule has 110 valence electrons. The molecule has 1 amide bonds. The Morgan fingerprint density at radius 1 is 1.05 bits per heavy atom. The van der Waals surface area contributed by atoms with Crippen molar-refractivity contribution in [1.29, 1.82) is 0 Å². The van der Waals surface area contributed by atoms with Gasteiger partial charge in [0.25, 0.3) is 5.91 Å². The summed E-state index contributed by atoms with van der Waals surface area (Å²) in [6, 6.07) is 14.3. The molecule has 3 rings (SSSR count). The van der Waals surface area contributed by atoms with Gasteiger partial charge in [-0.25, -0.2) is 0 Å². The van der Waals surface area contributed by atoms with Crippen molar-refractivity contribution < 1.29 is 9.21 Å². The Kier molecular flexibility index (Phi) is 4.13. The van der Waals surface area contributed by atoms with Gasteiger partial charge in [0.15, 0.2) is 0 Å². The number of carbonyl (C=O) groups excluding carboxylic acids is 1. The highest BCUT2D eigenvalue weighted by Crippen LogP contribution is 2.24. The number of carbonyl (C=O) groups is 1. The maximum absolute atomic E-state index is 12.1. The predicted molar refractivity (Wildman–Crippen MR) is 86.4 cm³/mol. The van der Waals surface area contributed by atoms with Crippen LogP contribution in [0.4, 0.5) is 6.01 Å². The molecule has 0 unspecified atom stereocenters. The van der Waals surface area contributed by atoms with E-state index in [1.807, 2.05) is 30.3 Å². The zero-order valence-corrected chi connectivity index (χ0v) is 12.7. The van der Waals surface area contributed by atoms with Crippen LogP contribution in [0.2, 0.25) is 10.0 Å². The van der Waals surface area contributed by atoms with Crippen molar-refractivity contribution in [3.63, 3.8) is 0 Å². The third-order valence-corrected chi connectivity index (χ3v) is 3.72. The summed E-state index contributed by atoms with van der Waals surface area (Å²) in [5, 5.41) is 3.28. The molecule has 3 aromatic rings. The monoisotopic (exact) mass is 332 g/mol. The molecule has 0 saturated heterocycles. The molecule has 2 aromatic carbocycles. The number of nitrogens with one attached hydrogen (secondary N) is 1. The highest BCUT2D eigenvalue weighted by Gasteiger charge is 2.12. The molecule has 0 fully saturated rings. The molecule has 0 aliphatic carbocycles. The normalized spacial score (nSPS) is 10.5. The first-order valence-electron chi connectivity index (χ1n) is 6.41. The molecular formula is C16H10Cl2N2O2. The van der Waals surface area contributed by atoms with Crippen LogP contribution >= 0.6 is 23.2 Å². The molecular weight excluding hydrogens is 323 g/mol. The zero-order chi connectivity index (χ0) is 15.5. The van der Waals surface area contributed by atoms with Crippen LogP contribution in [0.1, 0.15) is 10.4 Å². The minimum absolute atomic E-state index is 0.120. The summed E-state index contributed by atoms with van der Waals surface area (Å²) < 4.78 is 5.26. The van der Waals surface area contributed by atoms with E-state index >= 15 is 0 Å². The number of anilines is 1. The molecule has 0 aliphatic heterocycles. The number of hydrogen-bond donors (Lipinski definition) is 1. The Morgan fingerprint density at radius 3 is 2.55 bits per heavy atom. The number of oxazole rings is 1. The molecule has 0 atom stereocenters. The smallest absolute Gasteiger partial charge is 0.302 e. The Balaban J connectivity index is 1.77. The largest absolute Gasteiger partial charge is 0.431 e. The lowest BCUT2D eigenvalue weighted by Gasteiger charge is -2.02. The molecule has 4 nitrogen and oxygen atoms in total. The number of amides is 1. The SMILES string of the molecule is O=C(Nc1nc(-c2ccccc2)co1)c1ccc(Cl)c(Cl)c1. The standard InChI is InChI=1S/C16H10Cl2N2O2/c17-12-7-6-11(8-13(12)18)15(21)20-16-19-14(9-22-16)10-4-2-1-3-5-10/h1-9H,(H,19,20,21). The van der Waals surface area contributed by atoms with Crippen molar-refractivity contribution in [2.45, 2.75) is 0 Å². The lowest BCUT2D eigenvalue weighted by molar-refractivity contribution is 0.102. The van der Waals surface area contributed by atoms with E-state index in [1.54, 1.807) is 12.1 Å². The molecule has 6 heteroatoms. The summed E-state index contributed by atoms with van der Waals surface area (Å²) >= 11 is 11.7. The molecule has 1 N–H and O–H groups in total. The lowest BCUT2D eigenvalue weighted by atomic mass is 10.2. The number of hydrogen-bond acceptors (Lipinski definition) is 3. The van der Waals surface area contributed by atoms with Gasteiger partial charge in [0.2, 0.25) is 0 Å². The molecule has 0 bridgehead atoms. The van der Waals surface area contributed by atoms with Crippen LogP contribution in [0.25, 0.3) is 11.3 Å². The first kappa shape index (κ1) is 14.6. The third-order valence-electron chi connectivity index (χ3n) is 2.98. The Morgan fingerprint density at radius 2 is 1.82 bits per heavy atom. The number of aromatic nitrogens is 1. The number of halogens is 2. The molecule has 1 heterocycles. The maximum Gasteiger partial charge on any atom is 0.302 e. The first-order chi connectivity index (χ1) is 10.6. The fraction of sp³-hybridized carbons (Fsp3) is 0. The average Bonchev–Trinajstić information content (AvgIpc) is 2.99. The quantitative estimate of drug-likeness (QED) is 0.742. The number of nitrogens with zero attached hydrogens (tertiary/aromatic N) is 1. The third kappa shape index (κ3) is 3.13. The van der Waals surface area contributed by atoms with Gasteiger partial charge in [-0.15, -0.1) is 0 Å². The summed E-state index contributed by atoms with van der Waals surface area (Å²) in [7, 11) is 0. The minimum atomic E-state index is -0.375. The van der Waals surface area contributed by atoms with Crippen LogP contribution in [0.15, 0.2) is 59.2 Å². The van der Waals surface area contributed by atoms with Crippen LogP contribution in [-0.4, -0.2) is 10.9 Å². The summed E-state index contributed by atoms with van der Waals surface area (Å²) in [5.41, 5.74) is 1.92. The number of benzene rings is 2. The second-order valence-corrected chi connectivity index (χ2v) is 5.30. The summed E-state index contributed by atoms with van der Waals surface area (Å²) in [4.78, 5) is 16.3. The van der Waals surface area contributed by atoms with Crippen LogP contribution in [0, 0.1) is 0 Å². The van der Waals surface area contributed by atoms with E-state index in [1.165, 1.54) is 12.3 Å². The second kappa shape index (κ2) is 6.22. The number of rotatable bonds is 3. The van der Waals surface area contributed by atoms with E-state index in [0.717, 1.165) is 5.56 Å². The highest BCUT2D eigenvalue weighted by atomic mass is 35.5. The Hall–Kier alpha value is -2.30. The van der Waals surface area contributed by atoms with Gasteiger partial charge >= 0.3 is 6.01 Å². The Labute approximate surface area is 136 Å². The van der Waals surface area contributed by atoms with E-state index in [2.05, 4.69) is 10.3 Å². The highest BCUT2D eigenvalue weighted by molar-refractivity contribution is 6.42. The average molecular weight is 333 g/mol. The van der Waals surface area contributed by atoms with Gasteiger partial charge in [-0.1, -0.05) is 53.5 Å². The summed E-state index contributed by atoms with van der Waals surface area (Å²) in [5.74, 6) is -0.375.